The number of nitrogens with zero attached hydrogens (tertiary/aromatic N) is 2. The van der Waals surface area contributed by atoms with E-state index in [1.165, 1.54) is 25.3 Å². The number of benzene rings is 1. The third-order valence-corrected chi connectivity index (χ3v) is 4.20. The summed E-state index contributed by atoms with van der Waals surface area (Å²) in [4.78, 5) is 35.5. The first-order chi connectivity index (χ1) is 11.4. The third kappa shape index (κ3) is 4.21. The van der Waals surface area contributed by atoms with E-state index in [4.69, 9.17) is 9.84 Å². The van der Waals surface area contributed by atoms with Gasteiger partial charge in [-0.1, -0.05) is 0 Å². The summed E-state index contributed by atoms with van der Waals surface area (Å²) in [7, 11) is 1.41. The molecule has 1 aromatic rings. The van der Waals surface area contributed by atoms with Gasteiger partial charge in [-0.15, -0.1) is 0 Å². The van der Waals surface area contributed by atoms with Crippen molar-refractivity contribution < 1.29 is 24.4 Å². The van der Waals surface area contributed by atoms with Gasteiger partial charge in [0.2, 0.25) is 0 Å². The molecule has 1 N–H and O–H groups in total. The lowest BCUT2D eigenvalue weighted by molar-refractivity contribution is -0.384. The number of ether oxygens (including phenoxy) is 1. The quantitative estimate of drug-likeness (QED) is 0.630. The number of nitro groups is 1. The average Bonchev–Trinajstić information content (AvgIpc) is 2.58. The van der Waals surface area contributed by atoms with E-state index in [2.05, 4.69) is 0 Å². The topological polar surface area (TPSA) is 110 Å². The normalized spacial score (nSPS) is 17.4. The van der Waals surface area contributed by atoms with E-state index >= 15 is 0 Å². The predicted molar refractivity (Wildman–Crippen MR) is 85.1 cm³/mol. The third-order valence-electron chi connectivity index (χ3n) is 4.20. The Kier molecular flexibility index (Phi) is 5.73. The number of methoxy groups -OCH3 is 1. The fraction of sp³-hybridized carbons (Fsp3) is 0.500. The zero-order valence-corrected chi connectivity index (χ0v) is 13.4. The summed E-state index contributed by atoms with van der Waals surface area (Å²) in [6.07, 6.45) is 2.26. The minimum atomic E-state index is -0.848. The first kappa shape index (κ1) is 17.7. The number of piperidine rings is 1. The van der Waals surface area contributed by atoms with E-state index in [0.29, 0.717) is 25.3 Å². The lowest BCUT2D eigenvalue weighted by atomic mass is 9.93. The molecule has 1 fully saturated rings. The second kappa shape index (κ2) is 7.76. The summed E-state index contributed by atoms with van der Waals surface area (Å²) in [5, 5.41) is 19.7. The number of hydrogen-bond acceptors (Lipinski definition) is 5. The molecule has 1 amide bonds. The molecule has 24 heavy (non-hydrogen) atoms. The van der Waals surface area contributed by atoms with Crippen molar-refractivity contribution in [1.82, 2.24) is 4.90 Å². The number of aliphatic carboxylic acids is 1. The van der Waals surface area contributed by atoms with Gasteiger partial charge < -0.3 is 14.7 Å². The highest BCUT2D eigenvalue weighted by Gasteiger charge is 2.27. The van der Waals surface area contributed by atoms with Crippen LogP contribution in [0, 0.1) is 16.0 Å². The largest absolute Gasteiger partial charge is 0.496 e. The van der Waals surface area contributed by atoms with E-state index in [0.717, 1.165) is 12.8 Å². The molecule has 1 aliphatic heterocycles. The Morgan fingerprint density at radius 3 is 2.83 bits per heavy atom. The maximum Gasteiger partial charge on any atom is 0.303 e. The van der Waals surface area contributed by atoms with Crippen LogP contribution in [-0.2, 0) is 4.79 Å². The molecular formula is C16H20N2O6. The Morgan fingerprint density at radius 1 is 1.46 bits per heavy atom. The van der Waals surface area contributed by atoms with Crippen molar-refractivity contribution in [2.75, 3.05) is 20.2 Å². The lowest BCUT2D eigenvalue weighted by Crippen LogP contribution is -2.40. The van der Waals surface area contributed by atoms with Crippen molar-refractivity contribution in [3.63, 3.8) is 0 Å². The first-order valence-electron chi connectivity index (χ1n) is 7.76. The Bertz CT molecular complexity index is 645. The Labute approximate surface area is 139 Å². The zero-order chi connectivity index (χ0) is 17.7. The van der Waals surface area contributed by atoms with Crippen LogP contribution in [0.2, 0.25) is 0 Å². The molecule has 8 heteroatoms. The van der Waals surface area contributed by atoms with Crippen LogP contribution >= 0.6 is 0 Å². The van der Waals surface area contributed by atoms with Crippen molar-refractivity contribution in [1.29, 1.82) is 0 Å². The second-order valence-corrected chi connectivity index (χ2v) is 5.83. The lowest BCUT2D eigenvalue weighted by Gasteiger charge is -2.33. The molecule has 1 atom stereocenters. The first-order valence-corrected chi connectivity index (χ1v) is 7.76. The highest BCUT2D eigenvalue weighted by Crippen LogP contribution is 2.28. The van der Waals surface area contributed by atoms with Gasteiger partial charge in [-0.3, -0.25) is 19.7 Å². The average molecular weight is 336 g/mol. The van der Waals surface area contributed by atoms with Gasteiger partial charge in [0.15, 0.2) is 0 Å². The summed E-state index contributed by atoms with van der Waals surface area (Å²) in [5.41, 5.74) is -0.0100. The maximum absolute atomic E-state index is 12.7. The standard InChI is InChI=1S/C16H20N2O6/c1-24-14-6-5-12(18(22)23)9-13(14)16(21)17-8-2-3-11(10-17)4-7-15(19)20/h5-6,9,11H,2-4,7-8,10H2,1H3,(H,19,20). The van der Waals surface area contributed by atoms with Gasteiger partial charge in [0, 0.05) is 31.6 Å². The molecule has 1 aliphatic rings. The Morgan fingerprint density at radius 2 is 2.21 bits per heavy atom. The number of rotatable bonds is 6. The number of amides is 1. The van der Waals surface area contributed by atoms with E-state index in [-0.39, 0.29) is 29.5 Å². The highest BCUT2D eigenvalue weighted by atomic mass is 16.6. The highest BCUT2D eigenvalue weighted by molar-refractivity contribution is 5.97. The number of carbonyl (C=O) groups is 2. The SMILES string of the molecule is COc1ccc([N+](=O)[O-])cc1C(=O)N1CCCC(CCC(=O)O)C1. The van der Waals surface area contributed by atoms with Gasteiger partial charge in [-0.25, -0.2) is 0 Å². The number of hydrogen-bond donors (Lipinski definition) is 1. The maximum atomic E-state index is 12.7. The fourth-order valence-electron chi connectivity index (χ4n) is 2.96. The van der Waals surface area contributed by atoms with E-state index < -0.39 is 10.9 Å². The van der Waals surface area contributed by atoms with Crippen LogP contribution < -0.4 is 4.74 Å². The van der Waals surface area contributed by atoms with Crippen molar-refractivity contribution in [2.45, 2.75) is 25.7 Å². The minimum Gasteiger partial charge on any atom is -0.496 e. The Hall–Kier alpha value is -2.64. The number of carbonyl (C=O) groups excluding carboxylic acids is 1. The molecule has 1 heterocycles. The molecule has 0 aliphatic carbocycles. The zero-order valence-electron chi connectivity index (χ0n) is 13.4. The second-order valence-electron chi connectivity index (χ2n) is 5.83. The van der Waals surface area contributed by atoms with Crippen LogP contribution in [-0.4, -0.2) is 47.0 Å². The van der Waals surface area contributed by atoms with Gasteiger partial charge in [0.05, 0.1) is 17.6 Å². The molecule has 1 unspecified atom stereocenters. The van der Waals surface area contributed by atoms with Crippen LogP contribution in [0.15, 0.2) is 18.2 Å². The molecule has 0 saturated carbocycles. The molecule has 0 spiro atoms. The minimum absolute atomic E-state index is 0.0762. The van der Waals surface area contributed by atoms with Crippen molar-refractivity contribution in [3.8, 4) is 5.75 Å². The van der Waals surface area contributed by atoms with Crippen LogP contribution in [0.25, 0.3) is 0 Å². The number of nitro benzene ring substituents is 1. The molecule has 2 rings (SSSR count). The number of carboxylic acids is 1. The Balaban J connectivity index is 2.16. The molecule has 130 valence electrons. The summed E-state index contributed by atoms with van der Waals surface area (Å²) in [6.45, 7) is 1.01. The molecule has 0 radical (unpaired) electrons. The van der Waals surface area contributed by atoms with Crippen molar-refractivity contribution >= 4 is 17.6 Å². The molecule has 0 aromatic heterocycles. The van der Waals surface area contributed by atoms with Gasteiger partial charge in [0.25, 0.3) is 11.6 Å². The molecule has 1 aromatic carbocycles. The van der Waals surface area contributed by atoms with Gasteiger partial charge in [-0.2, -0.15) is 0 Å². The fourth-order valence-corrected chi connectivity index (χ4v) is 2.96. The van der Waals surface area contributed by atoms with E-state index in [9.17, 15) is 19.7 Å². The predicted octanol–water partition coefficient (Wildman–Crippen LogP) is 2.32. The van der Waals surface area contributed by atoms with Crippen molar-refractivity contribution in [3.05, 3.63) is 33.9 Å². The summed E-state index contributed by atoms with van der Waals surface area (Å²) >= 11 is 0. The van der Waals surface area contributed by atoms with Crippen molar-refractivity contribution in [2.24, 2.45) is 5.92 Å². The molecule has 8 nitrogen and oxygen atoms in total. The number of carboxylic acid groups (broad SMARTS) is 1. The van der Waals surface area contributed by atoms with Crippen LogP contribution in [0.4, 0.5) is 5.69 Å². The summed E-state index contributed by atoms with van der Waals surface area (Å²) in [5.74, 6) is -0.754. The molecular weight excluding hydrogens is 316 g/mol. The smallest absolute Gasteiger partial charge is 0.303 e. The molecule has 0 bridgehead atoms. The van der Waals surface area contributed by atoms with E-state index in [1.807, 2.05) is 0 Å². The van der Waals surface area contributed by atoms with E-state index in [1.54, 1.807) is 4.90 Å². The number of likely N-dealkylation sites (tertiary alicyclic amines) is 1. The summed E-state index contributed by atoms with van der Waals surface area (Å²) in [6, 6.07) is 3.93. The monoisotopic (exact) mass is 336 g/mol. The van der Waals surface area contributed by atoms with Gasteiger partial charge >= 0.3 is 5.97 Å². The van der Waals surface area contributed by atoms with Gasteiger partial charge in [0.1, 0.15) is 5.75 Å². The number of non-ortho nitro benzene ring substituents is 1. The van der Waals surface area contributed by atoms with Gasteiger partial charge in [-0.05, 0) is 31.2 Å². The van der Waals surface area contributed by atoms with Crippen LogP contribution in [0.3, 0.4) is 0 Å². The molecule has 1 saturated heterocycles. The summed E-state index contributed by atoms with van der Waals surface area (Å²) < 4.78 is 5.15. The van der Waals surface area contributed by atoms with Crippen LogP contribution in [0.1, 0.15) is 36.0 Å². The van der Waals surface area contributed by atoms with Crippen LogP contribution in [0.5, 0.6) is 5.75 Å².